The Morgan fingerprint density at radius 1 is 0.894 bits per heavy atom. The number of aromatic nitrogens is 2. The van der Waals surface area contributed by atoms with E-state index >= 15 is 0 Å². The first-order valence-corrected chi connectivity index (χ1v) is 16.9. The van der Waals surface area contributed by atoms with Crippen LogP contribution in [0.25, 0.3) is 0 Å². The van der Waals surface area contributed by atoms with E-state index in [0.29, 0.717) is 19.4 Å². The number of carbonyl (C=O) groups is 6. The van der Waals surface area contributed by atoms with Gasteiger partial charge in [-0.3, -0.25) is 33.8 Å². The molecule has 1 saturated heterocycles. The summed E-state index contributed by atoms with van der Waals surface area (Å²) in [6, 6.07) is -3.87. The first-order chi connectivity index (χ1) is 22.0. The molecule has 0 aromatic carbocycles. The fraction of sp³-hybridized carbons (Fsp3) is 0.706. The third-order valence-electron chi connectivity index (χ3n) is 9.39. The molecule has 2 aliphatic carbocycles. The first kappa shape index (κ1) is 35.9. The van der Waals surface area contributed by atoms with Crippen LogP contribution in [0.5, 0.6) is 0 Å². The number of Topliss-reactive ketones (excluding diaryl/α,β-unsaturated/α-hetero) is 1. The molecular weight excluding hydrogens is 602 g/mol. The summed E-state index contributed by atoms with van der Waals surface area (Å²) in [5.74, 6) is -3.34. The molecule has 1 unspecified atom stereocenters. The zero-order valence-corrected chi connectivity index (χ0v) is 28.7. The van der Waals surface area contributed by atoms with E-state index in [1.807, 2.05) is 48.5 Å². The zero-order valence-electron chi connectivity index (χ0n) is 28.7. The molecule has 47 heavy (non-hydrogen) atoms. The molecule has 2 saturated carbocycles. The fourth-order valence-electron chi connectivity index (χ4n) is 6.66. The number of hydrogen-bond donors (Lipinski definition) is 4. The molecule has 0 spiro atoms. The van der Waals surface area contributed by atoms with E-state index in [2.05, 4.69) is 31.2 Å². The average molecular weight is 654 g/mol. The summed E-state index contributed by atoms with van der Waals surface area (Å²) in [5.41, 5.74) is -1.43. The third kappa shape index (κ3) is 8.72. The molecule has 0 bridgehead atoms. The van der Waals surface area contributed by atoms with Crippen LogP contribution in [0.4, 0.5) is 0 Å². The van der Waals surface area contributed by atoms with Crippen molar-refractivity contribution in [1.29, 1.82) is 0 Å². The minimum atomic E-state index is -1.03. The maximum Gasteiger partial charge on any atom is 0.289 e. The van der Waals surface area contributed by atoms with Gasteiger partial charge in [0.25, 0.3) is 11.8 Å². The van der Waals surface area contributed by atoms with Crippen molar-refractivity contribution in [3.05, 3.63) is 24.3 Å². The normalized spacial score (nSPS) is 22.8. The molecule has 1 aromatic heterocycles. The third-order valence-corrected chi connectivity index (χ3v) is 9.39. The van der Waals surface area contributed by atoms with E-state index in [1.54, 1.807) is 4.90 Å². The highest BCUT2D eigenvalue weighted by Gasteiger charge is 2.52. The van der Waals surface area contributed by atoms with E-state index in [9.17, 15) is 28.8 Å². The molecule has 2 heterocycles. The first-order valence-electron chi connectivity index (χ1n) is 16.9. The summed E-state index contributed by atoms with van der Waals surface area (Å²) >= 11 is 0. The minimum absolute atomic E-state index is 0.00868. The van der Waals surface area contributed by atoms with Crippen LogP contribution in [0.3, 0.4) is 0 Å². The number of fused-ring (bicyclic) bond motifs is 1. The Morgan fingerprint density at radius 2 is 1.57 bits per heavy atom. The summed E-state index contributed by atoms with van der Waals surface area (Å²) in [5, 5.41) is 11.2. The highest BCUT2D eigenvalue weighted by Crippen LogP contribution is 2.43. The van der Waals surface area contributed by atoms with Crippen molar-refractivity contribution in [2.24, 2.45) is 22.7 Å². The van der Waals surface area contributed by atoms with Gasteiger partial charge >= 0.3 is 0 Å². The van der Waals surface area contributed by atoms with Crippen LogP contribution in [0.15, 0.2) is 18.6 Å². The van der Waals surface area contributed by atoms with Crippen molar-refractivity contribution in [2.75, 3.05) is 6.54 Å². The van der Waals surface area contributed by atoms with Gasteiger partial charge in [0.05, 0.1) is 12.2 Å². The lowest BCUT2D eigenvalue weighted by molar-refractivity contribution is -0.146. The summed E-state index contributed by atoms with van der Waals surface area (Å²) in [6.45, 7) is 13.2. The van der Waals surface area contributed by atoms with Gasteiger partial charge in [-0.1, -0.05) is 61.3 Å². The van der Waals surface area contributed by atoms with E-state index in [-0.39, 0.29) is 23.6 Å². The molecule has 3 aliphatic rings. The number of carbonyl (C=O) groups excluding carboxylic acids is 6. The Balaban J connectivity index is 1.55. The lowest BCUT2D eigenvalue weighted by Crippen LogP contribution is -2.63. The highest BCUT2D eigenvalue weighted by atomic mass is 16.2. The van der Waals surface area contributed by atoms with Gasteiger partial charge in [-0.15, -0.1) is 0 Å². The molecule has 4 N–H and O–H groups in total. The van der Waals surface area contributed by atoms with E-state index in [4.69, 9.17) is 0 Å². The Hall–Kier alpha value is -3.90. The standard InChI is InChI=1S/C34H51N7O6/c1-8-10-22(25(42)30(45)37-20-13-14-20)38-29(44)24-21-12-9-11-19(21)18-41(24)32(47)27(34(5,6)7)40-31(46)26(33(2,3)4)39-28(43)23-17-35-15-16-36-23/h15-17,19-22,24,26-27H,8-14,18H2,1-7H3,(H,37,45)(H,38,44)(H,39,43)(H,40,46)/t19-,21-,22?,24-,26+,27+/m0/s1. The molecule has 13 heteroatoms. The van der Waals surface area contributed by atoms with E-state index in [0.717, 1.165) is 32.1 Å². The highest BCUT2D eigenvalue weighted by molar-refractivity contribution is 6.38. The number of ketones is 1. The molecule has 3 fully saturated rings. The lowest BCUT2D eigenvalue weighted by Gasteiger charge is -2.38. The van der Waals surface area contributed by atoms with E-state index in [1.165, 1.54) is 18.6 Å². The van der Waals surface area contributed by atoms with Gasteiger partial charge in [0, 0.05) is 25.0 Å². The van der Waals surface area contributed by atoms with E-state index < -0.39 is 70.3 Å². The molecule has 0 radical (unpaired) electrons. The molecule has 1 aromatic rings. The summed E-state index contributed by atoms with van der Waals surface area (Å²) < 4.78 is 0. The Kier molecular flexibility index (Phi) is 11.1. The smallest absolute Gasteiger partial charge is 0.289 e. The Labute approximate surface area is 277 Å². The molecule has 1 aliphatic heterocycles. The lowest BCUT2D eigenvalue weighted by atomic mass is 9.82. The molecule has 258 valence electrons. The van der Waals surface area contributed by atoms with Gasteiger partial charge in [-0.2, -0.15) is 0 Å². The van der Waals surface area contributed by atoms with Crippen molar-refractivity contribution in [2.45, 2.75) is 124 Å². The van der Waals surface area contributed by atoms with Crippen LogP contribution < -0.4 is 21.3 Å². The number of rotatable bonds is 12. The van der Waals surface area contributed by atoms with Gasteiger partial charge in [-0.05, 0) is 54.8 Å². The summed E-state index contributed by atoms with van der Waals surface area (Å²) in [6.07, 6.45) is 9.24. The van der Waals surface area contributed by atoms with Crippen molar-refractivity contribution in [3.8, 4) is 0 Å². The van der Waals surface area contributed by atoms with Crippen molar-refractivity contribution in [3.63, 3.8) is 0 Å². The summed E-state index contributed by atoms with van der Waals surface area (Å²) in [4.78, 5) is 90.5. The summed E-state index contributed by atoms with van der Waals surface area (Å²) in [7, 11) is 0. The van der Waals surface area contributed by atoms with Crippen LogP contribution in [-0.2, 0) is 24.0 Å². The largest absolute Gasteiger partial charge is 0.347 e. The zero-order chi connectivity index (χ0) is 34.7. The molecule has 6 atom stereocenters. The number of amides is 5. The fourth-order valence-corrected chi connectivity index (χ4v) is 6.66. The second-order valence-corrected chi connectivity index (χ2v) is 15.4. The number of hydrogen-bond acceptors (Lipinski definition) is 8. The van der Waals surface area contributed by atoms with Crippen molar-refractivity contribution in [1.82, 2.24) is 36.1 Å². The van der Waals surface area contributed by atoms with Crippen LogP contribution in [0, 0.1) is 22.7 Å². The van der Waals surface area contributed by atoms with Crippen LogP contribution in [0.1, 0.15) is 104 Å². The van der Waals surface area contributed by atoms with Crippen LogP contribution in [-0.4, -0.2) is 86.9 Å². The predicted molar refractivity (Wildman–Crippen MR) is 173 cm³/mol. The second kappa shape index (κ2) is 14.5. The monoisotopic (exact) mass is 653 g/mol. The maximum absolute atomic E-state index is 14.5. The second-order valence-electron chi connectivity index (χ2n) is 15.4. The van der Waals surface area contributed by atoms with Gasteiger partial charge in [0.1, 0.15) is 23.8 Å². The maximum atomic E-state index is 14.5. The van der Waals surface area contributed by atoms with Crippen molar-refractivity contribution >= 4 is 35.3 Å². The SMILES string of the molecule is CCCC(NC(=O)[C@@H]1[C@H]2CCC[C@H]2CN1C(=O)[C@@H](NC(=O)[C@@H](NC(=O)c1cnccn1)C(C)(C)C)C(C)(C)C)C(=O)C(=O)NC1CC1. The quantitative estimate of drug-likeness (QED) is 0.247. The predicted octanol–water partition coefficient (Wildman–Crippen LogP) is 1.91. The van der Waals surface area contributed by atoms with Gasteiger partial charge in [0.15, 0.2) is 0 Å². The van der Waals surface area contributed by atoms with Gasteiger partial charge in [-0.25, -0.2) is 4.98 Å². The molecular formula is C34H51N7O6. The van der Waals surface area contributed by atoms with Crippen LogP contribution in [0.2, 0.25) is 0 Å². The molecule has 5 amide bonds. The number of nitrogens with one attached hydrogen (secondary N) is 4. The Morgan fingerprint density at radius 3 is 2.15 bits per heavy atom. The number of nitrogens with zero attached hydrogens (tertiary/aromatic N) is 3. The van der Waals surface area contributed by atoms with Gasteiger partial charge in [0.2, 0.25) is 23.5 Å². The topological polar surface area (TPSA) is 180 Å². The molecule has 13 nitrogen and oxygen atoms in total. The average Bonchev–Trinajstić information content (AvgIpc) is 3.57. The number of likely N-dealkylation sites (tertiary alicyclic amines) is 1. The minimum Gasteiger partial charge on any atom is -0.347 e. The van der Waals surface area contributed by atoms with Crippen LogP contribution >= 0.6 is 0 Å². The molecule has 4 rings (SSSR count). The Bertz CT molecular complexity index is 1350. The van der Waals surface area contributed by atoms with Crippen molar-refractivity contribution < 1.29 is 28.8 Å². The van der Waals surface area contributed by atoms with Gasteiger partial charge < -0.3 is 26.2 Å².